The Hall–Kier alpha value is -2.07. The summed E-state index contributed by atoms with van der Waals surface area (Å²) in [6.07, 6.45) is 5.80. The lowest BCUT2D eigenvalue weighted by molar-refractivity contribution is -0.360. The highest BCUT2D eigenvalue weighted by molar-refractivity contribution is 6.31. The van der Waals surface area contributed by atoms with Crippen molar-refractivity contribution in [3.8, 4) is 0 Å². The first-order valence-corrected chi connectivity index (χ1v) is 9.12. The Balaban J connectivity index is 1.73. The number of aromatic nitrogens is 1. The van der Waals surface area contributed by atoms with Gasteiger partial charge >= 0.3 is 0 Å². The zero-order valence-electron chi connectivity index (χ0n) is 14.6. The number of anilines is 1. The lowest BCUT2D eigenvalue weighted by atomic mass is 9.70. The molecule has 1 heterocycles. The van der Waals surface area contributed by atoms with Crippen LogP contribution in [0.3, 0.4) is 0 Å². The van der Waals surface area contributed by atoms with Crippen LogP contribution in [0.15, 0.2) is 29.8 Å². The highest BCUT2D eigenvalue weighted by Crippen LogP contribution is 2.46. The van der Waals surface area contributed by atoms with Gasteiger partial charge in [-0.3, -0.25) is 4.79 Å². The summed E-state index contributed by atoms with van der Waals surface area (Å²) in [6, 6.07) is 5.81. The lowest BCUT2D eigenvalue weighted by Crippen LogP contribution is -2.31. The molecule has 25 heavy (non-hydrogen) atoms. The summed E-state index contributed by atoms with van der Waals surface area (Å²) in [5.41, 5.74) is 12.1. The number of nitrogens with two attached hydrogens (primary N) is 1. The minimum absolute atomic E-state index is 0.166. The van der Waals surface area contributed by atoms with Crippen molar-refractivity contribution in [3.05, 3.63) is 46.1 Å². The summed E-state index contributed by atoms with van der Waals surface area (Å²) in [4.78, 5) is 17.3. The molecule has 2 atom stereocenters. The molecule has 2 aliphatic rings. The van der Waals surface area contributed by atoms with Crippen molar-refractivity contribution in [3.63, 3.8) is 0 Å². The minimum atomic E-state index is 0.166. The number of amides is 1. The first-order chi connectivity index (χ1) is 11.9. The van der Waals surface area contributed by atoms with Gasteiger partial charge in [0.1, 0.15) is 0 Å². The molecular weight excluding hydrogens is 334 g/mol. The average Bonchev–Trinajstić information content (AvgIpc) is 2.53. The van der Waals surface area contributed by atoms with Crippen LogP contribution < -0.4 is 10.7 Å². The van der Waals surface area contributed by atoms with Gasteiger partial charge < -0.3 is 10.6 Å². The van der Waals surface area contributed by atoms with Crippen LogP contribution in [-0.2, 0) is 11.2 Å². The summed E-state index contributed by atoms with van der Waals surface area (Å²) >= 11 is 6.14. The van der Waals surface area contributed by atoms with Crippen molar-refractivity contribution in [2.45, 2.75) is 31.6 Å². The van der Waals surface area contributed by atoms with E-state index >= 15 is 0 Å². The molecule has 0 fully saturated rings. The molecule has 0 saturated heterocycles. The molecule has 0 saturated carbocycles. The van der Waals surface area contributed by atoms with Crippen LogP contribution in [-0.4, -0.2) is 24.9 Å². The summed E-state index contributed by atoms with van der Waals surface area (Å²) in [6.45, 7) is 0. The quantitative estimate of drug-likeness (QED) is 0.839. The summed E-state index contributed by atoms with van der Waals surface area (Å²) in [5, 5.41) is 1.74. The zero-order valence-corrected chi connectivity index (χ0v) is 15.4. The Bertz CT molecular complexity index is 903. The number of hydrogen-bond acceptors (Lipinski definition) is 2. The molecule has 2 unspecified atom stereocenters. The largest absolute Gasteiger partial charge is 0.398 e. The summed E-state index contributed by atoms with van der Waals surface area (Å²) in [5.74, 6) is 1.03. The number of halogens is 1. The van der Waals surface area contributed by atoms with Crippen molar-refractivity contribution >= 4 is 34.1 Å². The number of fused-ring (bicyclic) bond motifs is 5. The number of hydrogen-bond donors (Lipinski definition) is 1. The van der Waals surface area contributed by atoms with Crippen LogP contribution in [0.5, 0.6) is 0 Å². The molecule has 4 rings (SSSR count). The van der Waals surface area contributed by atoms with Crippen molar-refractivity contribution in [2.24, 2.45) is 5.92 Å². The molecule has 1 aromatic heterocycles. The number of nitrogens with zero attached hydrogens (tertiary/aromatic N) is 1. The van der Waals surface area contributed by atoms with E-state index in [-0.39, 0.29) is 5.91 Å². The SMILES string of the molecule is CN(C)C(=O)CC1=CC2Cc3[nH+]c4cc(Cl)ccc4c(N)c3C(C1)C2. The van der Waals surface area contributed by atoms with Gasteiger partial charge in [-0.1, -0.05) is 23.3 Å². The Kier molecular flexibility index (Phi) is 3.95. The second-order valence-corrected chi connectivity index (χ2v) is 7.95. The maximum Gasteiger partial charge on any atom is 0.226 e. The Morgan fingerprint density at radius 1 is 1.36 bits per heavy atom. The van der Waals surface area contributed by atoms with E-state index in [0.29, 0.717) is 23.3 Å². The number of nitrogen functional groups attached to an aromatic ring is 1. The molecule has 4 nitrogen and oxygen atoms in total. The predicted molar refractivity (Wildman–Crippen MR) is 100 cm³/mol. The van der Waals surface area contributed by atoms with Crippen LogP contribution in [0.1, 0.15) is 36.4 Å². The lowest BCUT2D eigenvalue weighted by Gasteiger charge is -2.34. The predicted octanol–water partition coefficient (Wildman–Crippen LogP) is 3.34. The van der Waals surface area contributed by atoms with Gasteiger partial charge in [-0.25, -0.2) is 4.98 Å². The molecule has 5 heteroatoms. The van der Waals surface area contributed by atoms with E-state index in [1.165, 1.54) is 16.8 Å². The van der Waals surface area contributed by atoms with Gasteiger partial charge in [0.2, 0.25) is 11.4 Å². The second-order valence-electron chi connectivity index (χ2n) is 7.51. The number of rotatable bonds is 2. The molecule has 0 aliphatic heterocycles. The molecule has 2 bridgehead atoms. The molecule has 3 N–H and O–H groups in total. The Labute approximate surface area is 152 Å². The van der Waals surface area contributed by atoms with Gasteiger partial charge in [0, 0.05) is 43.6 Å². The maximum absolute atomic E-state index is 12.1. The fourth-order valence-electron chi connectivity index (χ4n) is 4.36. The number of pyridine rings is 1. The topological polar surface area (TPSA) is 60.5 Å². The zero-order chi connectivity index (χ0) is 17.7. The van der Waals surface area contributed by atoms with Crippen molar-refractivity contribution in [2.75, 3.05) is 19.8 Å². The number of carbonyl (C=O) groups is 1. The number of benzene rings is 1. The summed E-state index contributed by atoms with van der Waals surface area (Å²) in [7, 11) is 3.62. The number of allylic oxidation sites excluding steroid dienone is 1. The molecule has 2 aromatic rings. The highest BCUT2D eigenvalue weighted by atomic mass is 35.5. The van der Waals surface area contributed by atoms with Crippen LogP contribution in [0.2, 0.25) is 5.02 Å². The van der Waals surface area contributed by atoms with Crippen LogP contribution >= 0.6 is 11.6 Å². The molecule has 1 aromatic carbocycles. The fourth-order valence-corrected chi connectivity index (χ4v) is 4.53. The van der Waals surface area contributed by atoms with E-state index in [0.717, 1.165) is 35.9 Å². The van der Waals surface area contributed by atoms with E-state index in [1.54, 1.807) is 4.90 Å². The Morgan fingerprint density at radius 2 is 2.16 bits per heavy atom. The first kappa shape index (κ1) is 16.4. The maximum atomic E-state index is 12.1. The number of aromatic amines is 1. The van der Waals surface area contributed by atoms with Crippen molar-refractivity contribution in [1.82, 2.24) is 4.90 Å². The summed E-state index contributed by atoms with van der Waals surface area (Å²) < 4.78 is 0. The van der Waals surface area contributed by atoms with Gasteiger partial charge in [-0.15, -0.1) is 0 Å². The molecule has 130 valence electrons. The van der Waals surface area contributed by atoms with E-state index in [2.05, 4.69) is 11.1 Å². The van der Waals surface area contributed by atoms with E-state index in [1.807, 2.05) is 32.3 Å². The second kappa shape index (κ2) is 6.03. The van der Waals surface area contributed by atoms with Gasteiger partial charge in [-0.05, 0) is 36.8 Å². The van der Waals surface area contributed by atoms with Crippen molar-refractivity contribution < 1.29 is 9.78 Å². The van der Waals surface area contributed by atoms with Gasteiger partial charge in [-0.2, -0.15) is 0 Å². The highest BCUT2D eigenvalue weighted by Gasteiger charge is 2.37. The standard InChI is InChI=1S/C20H22ClN3O/c1-24(2)18(25)9-12-5-11-6-13(7-12)19-17(8-11)23-16-10-14(21)3-4-15(16)20(19)22/h3-5,10-11,13H,6-9H2,1-2H3,(H2,22,23)/p+1. The monoisotopic (exact) mass is 356 g/mol. The van der Waals surface area contributed by atoms with E-state index < -0.39 is 0 Å². The first-order valence-electron chi connectivity index (χ1n) is 8.75. The van der Waals surface area contributed by atoms with Crippen LogP contribution in [0.25, 0.3) is 10.9 Å². The smallest absolute Gasteiger partial charge is 0.226 e. The number of nitrogens with one attached hydrogen (secondary N) is 1. The number of carbonyl (C=O) groups excluding carboxylic acids is 1. The number of H-pyrrole nitrogens is 1. The molecular formula is C20H23ClN3O+. The molecule has 1 amide bonds. The fraction of sp³-hybridized carbons (Fsp3) is 0.400. The van der Waals surface area contributed by atoms with Gasteiger partial charge in [0.25, 0.3) is 0 Å². The van der Waals surface area contributed by atoms with Gasteiger partial charge in [0.05, 0.1) is 11.1 Å². The third-order valence-electron chi connectivity index (χ3n) is 5.49. The third kappa shape index (κ3) is 2.89. The molecule has 0 radical (unpaired) electrons. The van der Waals surface area contributed by atoms with Crippen molar-refractivity contribution in [1.29, 1.82) is 0 Å². The third-order valence-corrected chi connectivity index (χ3v) is 5.73. The van der Waals surface area contributed by atoms with E-state index in [9.17, 15) is 4.79 Å². The average molecular weight is 357 g/mol. The van der Waals surface area contributed by atoms with Crippen LogP contribution in [0, 0.1) is 5.92 Å². The minimum Gasteiger partial charge on any atom is -0.398 e. The molecule has 2 aliphatic carbocycles. The Morgan fingerprint density at radius 3 is 2.92 bits per heavy atom. The molecule has 0 spiro atoms. The van der Waals surface area contributed by atoms with Gasteiger partial charge in [0.15, 0.2) is 5.69 Å². The normalized spacial score (nSPS) is 21.6. The van der Waals surface area contributed by atoms with E-state index in [4.69, 9.17) is 17.3 Å². The van der Waals surface area contributed by atoms with Crippen LogP contribution in [0.4, 0.5) is 5.69 Å².